The molecule has 1 atom stereocenters. The van der Waals surface area contributed by atoms with Crippen LogP contribution in [0.4, 0.5) is 17.1 Å². The Morgan fingerprint density at radius 2 is 1.73 bits per heavy atom. The van der Waals surface area contributed by atoms with Crippen LogP contribution in [-0.2, 0) is 0 Å². The normalized spacial score (nSPS) is 11.7. The number of hydrogen-bond acceptors (Lipinski definition) is 8. The molecule has 0 saturated carbocycles. The highest BCUT2D eigenvalue weighted by atomic mass is 16.3. The van der Waals surface area contributed by atoms with Crippen LogP contribution in [-0.4, -0.2) is 37.4 Å². The molecule has 160 valence electrons. The van der Waals surface area contributed by atoms with Gasteiger partial charge in [0.25, 0.3) is 10.9 Å². The maximum atomic E-state index is 12.0. The van der Waals surface area contributed by atoms with E-state index in [-0.39, 0.29) is 34.4 Å². The molecule has 0 aliphatic rings. The van der Waals surface area contributed by atoms with Gasteiger partial charge in [-0.25, -0.2) is 0 Å². The number of rotatable bonds is 7. The van der Waals surface area contributed by atoms with Gasteiger partial charge in [-0.3, -0.25) is 14.4 Å². The van der Waals surface area contributed by atoms with Crippen molar-refractivity contribution in [2.24, 2.45) is 0 Å². The smallest absolute Gasteiger partial charge is 0.253 e. The van der Waals surface area contributed by atoms with Crippen molar-refractivity contribution in [1.29, 1.82) is 0 Å². The zero-order chi connectivity index (χ0) is 22.4. The number of benzene rings is 1. The van der Waals surface area contributed by atoms with Crippen molar-refractivity contribution in [1.82, 2.24) is 4.90 Å². The molecule has 2 aromatic carbocycles. The summed E-state index contributed by atoms with van der Waals surface area (Å²) in [6, 6.07) is 7.88. The second-order valence-corrected chi connectivity index (χ2v) is 7.29. The van der Waals surface area contributed by atoms with E-state index in [1.807, 2.05) is 52.0 Å². The number of aromatic hydroxyl groups is 1. The number of para-hydroxylation sites is 1. The zero-order valence-electron chi connectivity index (χ0n) is 17.8. The molecule has 30 heavy (non-hydrogen) atoms. The highest BCUT2D eigenvalue weighted by molar-refractivity contribution is 5.87. The molecule has 0 aliphatic heterocycles. The van der Waals surface area contributed by atoms with Crippen molar-refractivity contribution in [2.45, 2.75) is 26.3 Å². The van der Waals surface area contributed by atoms with E-state index in [1.54, 1.807) is 6.07 Å². The van der Waals surface area contributed by atoms with Gasteiger partial charge in [0.15, 0.2) is 6.29 Å². The molecule has 1 heterocycles. The maximum absolute atomic E-state index is 12.0. The van der Waals surface area contributed by atoms with Crippen LogP contribution in [0.25, 0.3) is 0 Å². The van der Waals surface area contributed by atoms with Crippen molar-refractivity contribution in [2.75, 3.05) is 31.8 Å². The van der Waals surface area contributed by atoms with E-state index in [0.29, 0.717) is 18.5 Å². The Morgan fingerprint density at radius 3 is 2.27 bits per heavy atom. The van der Waals surface area contributed by atoms with Gasteiger partial charge >= 0.3 is 0 Å². The van der Waals surface area contributed by atoms with Gasteiger partial charge in [0, 0.05) is 0 Å². The standard InChI is InChI=1S/C19H18N2O5.C3H9N/c1-3-12(14-8-7-10(2)26-14)20-15-16(19(25)18(15)24)21-13-6-4-5-11(9-22)17(13)23;1-4(2)3/h4-9,12,20-21,23H,3H2,1-2H3;1-3H3. The summed E-state index contributed by atoms with van der Waals surface area (Å²) in [5.41, 5.74) is -0.886. The predicted molar refractivity (Wildman–Crippen MR) is 118 cm³/mol. The van der Waals surface area contributed by atoms with Crippen LogP contribution < -0.4 is 21.5 Å². The molecular formula is C22H27N3O5. The summed E-state index contributed by atoms with van der Waals surface area (Å²) in [7, 11) is 6.00. The Bertz CT molecular complexity index is 1070. The third kappa shape index (κ3) is 5.15. The van der Waals surface area contributed by atoms with Crippen LogP contribution in [0, 0.1) is 6.92 Å². The second-order valence-electron chi connectivity index (χ2n) is 7.29. The number of phenols is 1. The van der Waals surface area contributed by atoms with E-state index in [1.165, 1.54) is 12.1 Å². The number of anilines is 3. The summed E-state index contributed by atoms with van der Waals surface area (Å²) in [4.78, 5) is 36.9. The Kier molecular flexibility index (Phi) is 7.54. The highest BCUT2D eigenvalue weighted by Crippen LogP contribution is 2.32. The Morgan fingerprint density at radius 1 is 1.10 bits per heavy atom. The SMILES string of the molecule is CCC(Nc1c(Nc2cccc(C=O)c2O)c(=O)c1=O)c1ccc(C)o1.CN(C)C. The summed E-state index contributed by atoms with van der Waals surface area (Å²) in [5, 5.41) is 15.8. The number of nitrogens with one attached hydrogen (secondary N) is 2. The van der Waals surface area contributed by atoms with Crippen LogP contribution in [0.2, 0.25) is 0 Å². The van der Waals surface area contributed by atoms with Gasteiger partial charge in [-0.1, -0.05) is 13.0 Å². The van der Waals surface area contributed by atoms with Gasteiger partial charge in [0.05, 0.1) is 17.3 Å². The minimum absolute atomic E-state index is 0.0510. The first-order valence-corrected chi connectivity index (χ1v) is 9.50. The topological polar surface area (TPSA) is 112 Å². The Hall–Kier alpha value is -3.39. The van der Waals surface area contributed by atoms with Crippen molar-refractivity contribution in [3.63, 3.8) is 0 Å². The molecule has 8 nitrogen and oxygen atoms in total. The summed E-state index contributed by atoms with van der Waals surface area (Å²) in [6.07, 6.45) is 1.14. The van der Waals surface area contributed by atoms with Crippen molar-refractivity contribution >= 4 is 23.3 Å². The number of nitrogens with zero attached hydrogens (tertiary/aromatic N) is 1. The van der Waals surface area contributed by atoms with Gasteiger partial charge in [-0.2, -0.15) is 0 Å². The van der Waals surface area contributed by atoms with Crippen LogP contribution >= 0.6 is 0 Å². The molecule has 0 radical (unpaired) electrons. The largest absolute Gasteiger partial charge is 0.505 e. The molecule has 1 unspecified atom stereocenters. The van der Waals surface area contributed by atoms with Gasteiger partial charge in [0.2, 0.25) is 0 Å². The average molecular weight is 413 g/mol. The lowest BCUT2D eigenvalue weighted by Crippen LogP contribution is -2.37. The van der Waals surface area contributed by atoms with Crippen molar-refractivity contribution in [3.05, 3.63) is 67.9 Å². The van der Waals surface area contributed by atoms with Crippen LogP contribution in [0.1, 0.15) is 41.3 Å². The number of hydrogen-bond donors (Lipinski definition) is 3. The number of furan rings is 1. The summed E-state index contributed by atoms with van der Waals surface area (Å²) >= 11 is 0. The fraction of sp³-hybridized carbons (Fsp3) is 0.318. The summed E-state index contributed by atoms with van der Waals surface area (Å²) in [6.45, 7) is 3.75. The van der Waals surface area contributed by atoms with E-state index < -0.39 is 10.9 Å². The Balaban J connectivity index is 0.000000735. The zero-order valence-corrected chi connectivity index (χ0v) is 17.8. The molecule has 3 N–H and O–H groups in total. The van der Waals surface area contributed by atoms with E-state index in [0.717, 1.165) is 5.76 Å². The number of aldehydes is 1. The molecule has 8 heteroatoms. The molecule has 3 aromatic rings. The van der Waals surface area contributed by atoms with Gasteiger partial charge in [-0.15, -0.1) is 0 Å². The molecular weight excluding hydrogens is 386 g/mol. The van der Waals surface area contributed by atoms with Crippen LogP contribution in [0.3, 0.4) is 0 Å². The van der Waals surface area contributed by atoms with Crippen molar-refractivity contribution in [3.8, 4) is 5.75 Å². The molecule has 0 spiro atoms. The second kappa shape index (κ2) is 9.89. The predicted octanol–water partition coefficient (Wildman–Crippen LogP) is 3.19. The summed E-state index contributed by atoms with van der Waals surface area (Å²) in [5.74, 6) is 1.13. The highest BCUT2D eigenvalue weighted by Gasteiger charge is 2.25. The van der Waals surface area contributed by atoms with E-state index in [2.05, 4.69) is 10.6 Å². The first-order valence-electron chi connectivity index (χ1n) is 9.50. The molecule has 0 fully saturated rings. The van der Waals surface area contributed by atoms with Crippen LogP contribution in [0.15, 0.2) is 44.3 Å². The number of carbonyl (C=O) groups excluding carboxylic acids is 1. The van der Waals surface area contributed by atoms with Gasteiger partial charge in [-0.05, 0) is 58.8 Å². The van der Waals surface area contributed by atoms with E-state index >= 15 is 0 Å². The molecule has 0 amide bonds. The average Bonchev–Trinajstić information content (AvgIpc) is 3.14. The molecule has 0 bridgehead atoms. The quantitative estimate of drug-likeness (QED) is 0.308. The first-order chi connectivity index (χ1) is 14.2. The van der Waals surface area contributed by atoms with E-state index in [4.69, 9.17) is 4.42 Å². The Labute approximate surface area is 174 Å². The van der Waals surface area contributed by atoms with Gasteiger partial charge < -0.3 is 25.1 Å². The minimum atomic E-state index is -0.686. The number of carbonyl (C=O) groups is 1. The third-order valence-corrected chi connectivity index (χ3v) is 4.20. The maximum Gasteiger partial charge on any atom is 0.253 e. The lowest BCUT2D eigenvalue weighted by molar-refractivity contribution is 0.112. The summed E-state index contributed by atoms with van der Waals surface area (Å²) < 4.78 is 5.59. The minimum Gasteiger partial charge on any atom is -0.505 e. The fourth-order valence-corrected chi connectivity index (χ4v) is 2.73. The van der Waals surface area contributed by atoms with Crippen LogP contribution in [0.5, 0.6) is 5.75 Å². The monoisotopic (exact) mass is 413 g/mol. The number of aryl methyl sites for hydroxylation is 1. The molecule has 1 aromatic heterocycles. The third-order valence-electron chi connectivity index (χ3n) is 4.20. The lowest BCUT2D eigenvalue weighted by atomic mass is 10.1. The first kappa shape index (κ1) is 22.9. The number of phenolic OH excluding ortho intramolecular Hbond substituents is 1. The fourth-order valence-electron chi connectivity index (χ4n) is 2.73. The lowest BCUT2D eigenvalue weighted by Gasteiger charge is -2.20. The van der Waals surface area contributed by atoms with E-state index in [9.17, 15) is 19.5 Å². The molecule has 0 aliphatic carbocycles. The molecule has 3 rings (SSSR count). The molecule has 0 saturated heterocycles. The van der Waals surface area contributed by atoms with Gasteiger partial charge in [0.1, 0.15) is 28.6 Å². The van der Waals surface area contributed by atoms with Crippen molar-refractivity contribution < 1.29 is 14.3 Å².